The van der Waals surface area contributed by atoms with Crippen molar-refractivity contribution in [2.45, 2.75) is 57.9 Å². The Morgan fingerprint density at radius 2 is 1.72 bits per heavy atom. The number of rotatable bonds is 3. The van der Waals surface area contributed by atoms with Crippen molar-refractivity contribution >= 4 is 5.84 Å². The first-order chi connectivity index (χ1) is 8.72. The summed E-state index contributed by atoms with van der Waals surface area (Å²) in [6.45, 7) is 5.84. The molecule has 0 amide bonds. The van der Waals surface area contributed by atoms with Crippen LogP contribution in [0.25, 0.3) is 0 Å². The molecule has 1 heterocycles. The maximum atomic E-state index is 8.43. The van der Waals surface area contributed by atoms with E-state index in [2.05, 4.69) is 23.8 Å². The lowest BCUT2D eigenvalue weighted by molar-refractivity contribution is 0.166. The summed E-state index contributed by atoms with van der Waals surface area (Å²) in [4.78, 5) is 4.82. The monoisotopic (exact) mass is 251 g/mol. The number of nitrogens with zero attached hydrogens (tertiary/aromatic N) is 2. The summed E-state index contributed by atoms with van der Waals surface area (Å²) in [6, 6.07) is 0.613. The number of piperidine rings is 1. The van der Waals surface area contributed by atoms with Gasteiger partial charge in [-0.25, -0.2) is 0 Å². The van der Waals surface area contributed by atoms with Gasteiger partial charge in [0.15, 0.2) is 0 Å². The highest BCUT2D eigenvalue weighted by atomic mass is 15.2. The molecule has 0 radical (unpaired) electrons. The molecule has 2 aliphatic rings. The van der Waals surface area contributed by atoms with E-state index in [0.29, 0.717) is 12.0 Å². The first kappa shape index (κ1) is 13.9. The fourth-order valence-corrected chi connectivity index (χ4v) is 3.48. The predicted octanol–water partition coefficient (Wildman–Crippen LogP) is 2.96. The topological polar surface area (TPSA) is 30.3 Å². The van der Waals surface area contributed by atoms with Crippen LogP contribution in [0.4, 0.5) is 0 Å². The molecule has 104 valence electrons. The molecule has 0 bridgehead atoms. The molecular weight excluding hydrogens is 222 g/mol. The van der Waals surface area contributed by atoms with E-state index in [4.69, 9.17) is 5.41 Å². The van der Waals surface area contributed by atoms with Crippen molar-refractivity contribution in [3.8, 4) is 0 Å². The third-order valence-electron chi connectivity index (χ3n) is 4.92. The Kier molecular flexibility index (Phi) is 5.04. The van der Waals surface area contributed by atoms with E-state index in [1.54, 1.807) is 0 Å². The minimum absolute atomic E-state index is 0.549. The molecular formula is C15H29N3. The first-order valence-corrected chi connectivity index (χ1v) is 7.76. The van der Waals surface area contributed by atoms with Crippen LogP contribution >= 0.6 is 0 Å². The molecule has 0 aromatic rings. The Labute approximate surface area is 112 Å². The summed E-state index contributed by atoms with van der Waals surface area (Å²) >= 11 is 0. The molecule has 3 heteroatoms. The zero-order valence-corrected chi connectivity index (χ0v) is 12.1. The van der Waals surface area contributed by atoms with Crippen molar-refractivity contribution in [3.05, 3.63) is 0 Å². The molecule has 2 fully saturated rings. The summed E-state index contributed by atoms with van der Waals surface area (Å²) < 4.78 is 0. The molecule has 18 heavy (non-hydrogen) atoms. The van der Waals surface area contributed by atoms with E-state index in [1.165, 1.54) is 64.6 Å². The SMILES string of the molecule is CCN1CCC(N(C)C(=N)C2CCCCC2)CC1. The van der Waals surface area contributed by atoms with Gasteiger partial charge >= 0.3 is 0 Å². The number of hydrogen-bond acceptors (Lipinski definition) is 2. The van der Waals surface area contributed by atoms with Gasteiger partial charge < -0.3 is 9.80 Å². The van der Waals surface area contributed by atoms with Crippen LogP contribution in [0.2, 0.25) is 0 Å². The van der Waals surface area contributed by atoms with Crippen molar-refractivity contribution < 1.29 is 0 Å². The Hall–Kier alpha value is -0.570. The quantitative estimate of drug-likeness (QED) is 0.617. The second kappa shape index (κ2) is 6.55. The molecule has 0 unspecified atom stereocenters. The van der Waals surface area contributed by atoms with E-state index < -0.39 is 0 Å². The van der Waals surface area contributed by atoms with Gasteiger partial charge in [0.25, 0.3) is 0 Å². The van der Waals surface area contributed by atoms with Crippen LogP contribution in [-0.4, -0.2) is 48.4 Å². The smallest absolute Gasteiger partial charge is 0.0989 e. The van der Waals surface area contributed by atoms with Gasteiger partial charge in [0, 0.05) is 32.1 Å². The lowest BCUT2D eigenvalue weighted by atomic mass is 9.87. The van der Waals surface area contributed by atoms with E-state index in [-0.39, 0.29) is 0 Å². The van der Waals surface area contributed by atoms with E-state index in [9.17, 15) is 0 Å². The van der Waals surface area contributed by atoms with Crippen LogP contribution in [0.15, 0.2) is 0 Å². The zero-order valence-electron chi connectivity index (χ0n) is 12.1. The molecule has 0 aromatic carbocycles. The van der Waals surface area contributed by atoms with Gasteiger partial charge in [-0.1, -0.05) is 26.2 Å². The lowest BCUT2D eigenvalue weighted by Crippen LogP contribution is -2.47. The van der Waals surface area contributed by atoms with Crippen molar-refractivity contribution in [1.29, 1.82) is 5.41 Å². The third-order valence-corrected chi connectivity index (χ3v) is 4.92. The average molecular weight is 251 g/mol. The van der Waals surface area contributed by atoms with Crippen molar-refractivity contribution in [3.63, 3.8) is 0 Å². The Bertz CT molecular complexity index is 263. The molecule has 1 aliphatic carbocycles. The van der Waals surface area contributed by atoms with Crippen LogP contribution in [0.1, 0.15) is 51.9 Å². The van der Waals surface area contributed by atoms with Gasteiger partial charge in [-0.15, -0.1) is 0 Å². The van der Waals surface area contributed by atoms with Gasteiger partial charge in [-0.05, 0) is 32.2 Å². The van der Waals surface area contributed by atoms with Crippen LogP contribution in [0, 0.1) is 11.3 Å². The first-order valence-electron chi connectivity index (χ1n) is 7.76. The highest BCUT2D eigenvalue weighted by Gasteiger charge is 2.27. The van der Waals surface area contributed by atoms with Crippen LogP contribution in [0.3, 0.4) is 0 Å². The molecule has 2 rings (SSSR count). The number of hydrogen-bond donors (Lipinski definition) is 1. The number of nitrogens with one attached hydrogen (secondary N) is 1. The van der Waals surface area contributed by atoms with Gasteiger partial charge in [0.1, 0.15) is 0 Å². The molecule has 1 aliphatic heterocycles. The fourth-order valence-electron chi connectivity index (χ4n) is 3.48. The van der Waals surface area contributed by atoms with E-state index in [1.807, 2.05) is 0 Å². The van der Waals surface area contributed by atoms with Crippen LogP contribution < -0.4 is 0 Å². The van der Waals surface area contributed by atoms with Gasteiger partial charge in [0.2, 0.25) is 0 Å². The largest absolute Gasteiger partial charge is 0.360 e. The third kappa shape index (κ3) is 3.25. The lowest BCUT2D eigenvalue weighted by Gasteiger charge is -2.39. The van der Waals surface area contributed by atoms with E-state index in [0.717, 1.165) is 5.84 Å². The fraction of sp³-hybridized carbons (Fsp3) is 0.933. The maximum absolute atomic E-state index is 8.43. The van der Waals surface area contributed by atoms with Gasteiger partial charge in [0.05, 0.1) is 5.84 Å². The summed E-state index contributed by atoms with van der Waals surface area (Å²) in [6.07, 6.45) is 9.00. The molecule has 3 nitrogen and oxygen atoms in total. The standard InChI is InChI=1S/C15H29N3/c1-3-18-11-9-14(10-12-18)17(2)15(16)13-7-5-4-6-8-13/h13-14,16H,3-12H2,1-2H3. The Morgan fingerprint density at radius 3 is 2.28 bits per heavy atom. The Balaban J connectivity index is 1.83. The molecule has 1 saturated heterocycles. The maximum Gasteiger partial charge on any atom is 0.0989 e. The summed E-state index contributed by atoms with van der Waals surface area (Å²) in [5.74, 6) is 1.47. The minimum Gasteiger partial charge on any atom is -0.360 e. The zero-order chi connectivity index (χ0) is 13.0. The normalized spacial score (nSPS) is 24.1. The summed E-state index contributed by atoms with van der Waals surface area (Å²) in [5, 5.41) is 8.43. The minimum atomic E-state index is 0.549. The second-order valence-electron chi connectivity index (χ2n) is 6.00. The molecule has 1 saturated carbocycles. The van der Waals surface area contributed by atoms with Gasteiger partial charge in [-0.3, -0.25) is 5.41 Å². The molecule has 0 spiro atoms. The average Bonchev–Trinajstić information content (AvgIpc) is 2.47. The van der Waals surface area contributed by atoms with E-state index >= 15 is 0 Å². The van der Waals surface area contributed by atoms with Crippen LogP contribution in [-0.2, 0) is 0 Å². The molecule has 0 aromatic heterocycles. The molecule has 1 N–H and O–H groups in total. The molecule has 0 atom stereocenters. The summed E-state index contributed by atoms with van der Waals surface area (Å²) in [5.41, 5.74) is 0. The number of likely N-dealkylation sites (tertiary alicyclic amines) is 1. The predicted molar refractivity (Wildman–Crippen MR) is 77.2 cm³/mol. The van der Waals surface area contributed by atoms with Crippen molar-refractivity contribution in [1.82, 2.24) is 9.80 Å². The highest BCUT2D eigenvalue weighted by Crippen LogP contribution is 2.27. The number of amidine groups is 1. The highest BCUT2D eigenvalue weighted by molar-refractivity contribution is 5.81. The Morgan fingerprint density at radius 1 is 1.11 bits per heavy atom. The van der Waals surface area contributed by atoms with Gasteiger partial charge in [-0.2, -0.15) is 0 Å². The summed E-state index contributed by atoms with van der Waals surface area (Å²) in [7, 11) is 2.16. The van der Waals surface area contributed by atoms with Crippen molar-refractivity contribution in [2.24, 2.45) is 5.92 Å². The van der Waals surface area contributed by atoms with Crippen LogP contribution in [0.5, 0.6) is 0 Å². The second-order valence-corrected chi connectivity index (χ2v) is 6.00. The van der Waals surface area contributed by atoms with Crippen molar-refractivity contribution in [2.75, 3.05) is 26.7 Å².